The summed E-state index contributed by atoms with van der Waals surface area (Å²) < 4.78 is 1.34. The van der Waals surface area contributed by atoms with Crippen molar-refractivity contribution in [2.75, 3.05) is 0 Å². The largest absolute Gasteiger partial charge is 0.379 e. The van der Waals surface area contributed by atoms with Crippen LogP contribution in [0.15, 0.2) is 47.6 Å². The third kappa shape index (κ3) is 1.86. The molecule has 0 saturated carbocycles. The molecule has 92 valence electrons. The van der Waals surface area contributed by atoms with Crippen LogP contribution in [0.25, 0.3) is 10.1 Å². The Kier molecular flexibility index (Phi) is 3.14. The lowest BCUT2D eigenvalue weighted by Gasteiger charge is -2.19. The van der Waals surface area contributed by atoms with Crippen molar-refractivity contribution in [2.45, 2.75) is 19.4 Å². The van der Waals surface area contributed by atoms with Crippen molar-refractivity contribution < 1.29 is 0 Å². The first-order valence-electron chi connectivity index (χ1n) is 6.10. The lowest BCUT2D eigenvalue weighted by molar-refractivity contribution is 0.740. The zero-order valence-electron chi connectivity index (χ0n) is 10.1. The Morgan fingerprint density at radius 2 is 2.17 bits per heavy atom. The van der Waals surface area contributed by atoms with Crippen molar-refractivity contribution in [1.82, 2.24) is 5.32 Å². The summed E-state index contributed by atoms with van der Waals surface area (Å²) in [5.41, 5.74) is 1.41. The predicted octanol–water partition coefficient (Wildman–Crippen LogP) is 4.74. The molecule has 0 saturated heterocycles. The van der Waals surface area contributed by atoms with Crippen LogP contribution in [-0.4, -0.2) is 0 Å². The van der Waals surface area contributed by atoms with E-state index in [4.69, 9.17) is 11.6 Å². The molecular weight excluding hydrogens is 262 g/mol. The van der Waals surface area contributed by atoms with Crippen LogP contribution in [0.3, 0.4) is 0 Å². The van der Waals surface area contributed by atoms with E-state index >= 15 is 0 Å². The fraction of sp³-hybridized carbons (Fsp3) is 0.200. The van der Waals surface area contributed by atoms with Gasteiger partial charge in [-0.2, -0.15) is 0 Å². The first-order valence-corrected chi connectivity index (χ1v) is 7.29. The van der Waals surface area contributed by atoms with Gasteiger partial charge in [0.05, 0.1) is 6.04 Å². The van der Waals surface area contributed by atoms with Crippen molar-refractivity contribution in [3.8, 4) is 0 Å². The number of allylic oxidation sites excluding steroid dienone is 2. The summed E-state index contributed by atoms with van der Waals surface area (Å²) in [5.74, 6) is 0. The number of hydrogen-bond donors (Lipinski definition) is 1. The standard InChI is InChI=1S/C15H14ClNS/c1-2-10-11-6-3-4-8-13(11)18-15(10)14-12(16)7-5-9-17-14/h3-9,14,17H,2H2,1H3. The zero-order chi connectivity index (χ0) is 12.5. The van der Waals surface area contributed by atoms with E-state index in [1.165, 1.54) is 20.5 Å². The molecule has 0 fully saturated rings. The maximum Gasteiger partial charge on any atom is 0.0966 e. The number of dihydropyridines is 1. The Labute approximate surface area is 116 Å². The van der Waals surface area contributed by atoms with E-state index in [9.17, 15) is 0 Å². The van der Waals surface area contributed by atoms with E-state index < -0.39 is 0 Å². The second-order valence-electron chi connectivity index (χ2n) is 4.30. The zero-order valence-corrected chi connectivity index (χ0v) is 11.7. The molecule has 1 N–H and O–H groups in total. The Morgan fingerprint density at radius 1 is 1.33 bits per heavy atom. The highest BCUT2D eigenvalue weighted by molar-refractivity contribution is 7.19. The Hall–Kier alpha value is -1.25. The lowest BCUT2D eigenvalue weighted by Crippen LogP contribution is -2.17. The number of hydrogen-bond acceptors (Lipinski definition) is 2. The first-order chi connectivity index (χ1) is 8.81. The van der Waals surface area contributed by atoms with Gasteiger partial charge in [0, 0.05) is 14.6 Å². The van der Waals surface area contributed by atoms with Crippen LogP contribution in [0, 0.1) is 0 Å². The minimum atomic E-state index is 0.115. The molecule has 3 rings (SSSR count). The molecule has 0 aliphatic carbocycles. The molecule has 1 aromatic heterocycles. The fourth-order valence-electron chi connectivity index (χ4n) is 2.38. The van der Waals surface area contributed by atoms with E-state index in [1.807, 2.05) is 29.7 Å². The van der Waals surface area contributed by atoms with Crippen LogP contribution in [0.4, 0.5) is 0 Å². The van der Waals surface area contributed by atoms with Gasteiger partial charge >= 0.3 is 0 Å². The topological polar surface area (TPSA) is 12.0 Å². The molecular formula is C15H14ClNS. The maximum absolute atomic E-state index is 6.33. The van der Waals surface area contributed by atoms with Crippen LogP contribution in [0.2, 0.25) is 0 Å². The smallest absolute Gasteiger partial charge is 0.0966 e. The highest BCUT2D eigenvalue weighted by atomic mass is 35.5. The van der Waals surface area contributed by atoms with Gasteiger partial charge in [-0.25, -0.2) is 0 Å². The summed E-state index contributed by atoms with van der Waals surface area (Å²) in [6, 6.07) is 8.69. The summed E-state index contributed by atoms with van der Waals surface area (Å²) in [5, 5.41) is 5.57. The molecule has 1 aliphatic rings. The van der Waals surface area contributed by atoms with Gasteiger partial charge < -0.3 is 5.32 Å². The third-order valence-corrected chi connectivity index (χ3v) is 4.86. The van der Waals surface area contributed by atoms with E-state index in [0.29, 0.717) is 0 Å². The van der Waals surface area contributed by atoms with Crippen LogP contribution < -0.4 is 5.32 Å². The van der Waals surface area contributed by atoms with Gasteiger partial charge in [-0.15, -0.1) is 11.3 Å². The van der Waals surface area contributed by atoms with Gasteiger partial charge in [0.25, 0.3) is 0 Å². The van der Waals surface area contributed by atoms with E-state index in [-0.39, 0.29) is 6.04 Å². The molecule has 1 nitrogen and oxygen atoms in total. The Bertz CT molecular complexity index is 639. The first kappa shape index (κ1) is 11.8. The molecule has 0 bridgehead atoms. The SMILES string of the molecule is CCc1c(C2NC=CC=C2Cl)sc2ccccc12. The minimum absolute atomic E-state index is 0.115. The Morgan fingerprint density at radius 3 is 2.94 bits per heavy atom. The number of rotatable bonds is 2. The van der Waals surface area contributed by atoms with Crippen molar-refractivity contribution in [1.29, 1.82) is 0 Å². The van der Waals surface area contributed by atoms with Crippen LogP contribution >= 0.6 is 22.9 Å². The van der Waals surface area contributed by atoms with Gasteiger partial charge in [0.1, 0.15) is 0 Å². The predicted molar refractivity (Wildman–Crippen MR) is 80.2 cm³/mol. The van der Waals surface area contributed by atoms with Crippen LogP contribution in [0.5, 0.6) is 0 Å². The van der Waals surface area contributed by atoms with Gasteiger partial charge in [-0.3, -0.25) is 0 Å². The molecule has 1 aromatic carbocycles. The summed E-state index contributed by atoms with van der Waals surface area (Å²) in [4.78, 5) is 1.34. The average Bonchev–Trinajstić information content (AvgIpc) is 2.77. The van der Waals surface area contributed by atoms with Gasteiger partial charge in [0.2, 0.25) is 0 Å². The van der Waals surface area contributed by atoms with Crippen LogP contribution in [0.1, 0.15) is 23.4 Å². The van der Waals surface area contributed by atoms with Gasteiger partial charge in [0.15, 0.2) is 0 Å². The maximum atomic E-state index is 6.33. The monoisotopic (exact) mass is 275 g/mol. The van der Waals surface area contributed by atoms with Crippen molar-refractivity contribution >= 4 is 33.0 Å². The molecule has 18 heavy (non-hydrogen) atoms. The highest BCUT2D eigenvalue weighted by Gasteiger charge is 2.22. The quantitative estimate of drug-likeness (QED) is 0.834. The second-order valence-corrected chi connectivity index (χ2v) is 5.83. The second kappa shape index (κ2) is 4.79. The summed E-state index contributed by atoms with van der Waals surface area (Å²) in [7, 11) is 0. The number of nitrogens with one attached hydrogen (secondary N) is 1. The number of aryl methyl sites for hydroxylation is 1. The molecule has 2 aromatic rings. The average molecular weight is 276 g/mol. The molecule has 1 atom stereocenters. The summed E-state index contributed by atoms with van der Waals surface area (Å²) in [6.07, 6.45) is 6.90. The van der Waals surface area contributed by atoms with E-state index in [0.717, 1.165) is 11.5 Å². The molecule has 1 aliphatic heterocycles. The number of halogens is 1. The molecule has 1 unspecified atom stereocenters. The molecule has 2 heterocycles. The molecule has 0 radical (unpaired) electrons. The third-order valence-electron chi connectivity index (χ3n) is 3.24. The number of thiophene rings is 1. The normalized spacial score (nSPS) is 18.8. The minimum Gasteiger partial charge on any atom is -0.379 e. The lowest BCUT2D eigenvalue weighted by atomic mass is 10.0. The number of fused-ring (bicyclic) bond motifs is 1. The summed E-state index contributed by atoms with van der Waals surface area (Å²) >= 11 is 8.16. The van der Waals surface area contributed by atoms with Gasteiger partial charge in [-0.1, -0.05) is 36.7 Å². The van der Waals surface area contributed by atoms with Crippen molar-refractivity contribution in [3.63, 3.8) is 0 Å². The Balaban J connectivity index is 2.17. The molecule has 3 heteroatoms. The van der Waals surface area contributed by atoms with E-state index in [2.05, 4.69) is 36.5 Å². The summed E-state index contributed by atoms with van der Waals surface area (Å²) in [6.45, 7) is 2.20. The highest BCUT2D eigenvalue weighted by Crippen LogP contribution is 2.39. The molecule has 0 spiro atoms. The fourth-order valence-corrected chi connectivity index (χ4v) is 4.07. The molecule has 0 amide bonds. The van der Waals surface area contributed by atoms with Crippen molar-refractivity contribution in [3.05, 3.63) is 58.1 Å². The number of benzene rings is 1. The van der Waals surface area contributed by atoms with Gasteiger partial charge in [-0.05, 0) is 41.8 Å². The van der Waals surface area contributed by atoms with Crippen LogP contribution in [-0.2, 0) is 6.42 Å². The van der Waals surface area contributed by atoms with Crippen molar-refractivity contribution in [2.24, 2.45) is 0 Å². The van der Waals surface area contributed by atoms with E-state index in [1.54, 1.807) is 0 Å².